The first-order chi connectivity index (χ1) is 21.1. The molecule has 2 aromatic carbocycles. The maximum absolute atomic E-state index is 14.1. The highest BCUT2D eigenvalue weighted by Crippen LogP contribution is 2.55. The van der Waals surface area contributed by atoms with Crippen molar-refractivity contribution in [3.05, 3.63) is 87.7 Å². The number of carbonyl (C=O) groups excluding carboxylic acids is 2. The standard InChI is InChI=1S/C36H42ClNO6S/c1-8-11-22-16-23(17-30(43-10-3)34(22)44-45(41,42)25-14-12-24(37)13-15-25)31-32-26(18-35(4,5)20-28(32)39)38(9-2)27-19-36(6,7)21-29(40)33(27)31/h8,12-17,31H,1,9-11,18-21H2,2-7H3. The third-order valence-corrected chi connectivity index (χ3v) is 10.3. The van der Waals surface area contributed by atoms with Crippen LogP contribution in [0.4, 0.5) is 0 Å². The number of Topliss-reactive ketones (excluding diaryl/α,β-unsaturated/α-hetero) is 2. The Labute approximate surface area is 272 Å². The van der Waals surface area contributed by atoms with E-state index in [9.17, 15) is 18.0 Å². The van der Waals surface area contributed by atoms with E-state index in [0.717, 1.165) is 11.4 Å². The Bertz CT molecular complexity index is 1680. The van der Waals surface area contributed by atoms with Crippen LogP contribution in [0.3, 0.4) is 0 Å². The van der Waals surface area contributed by atoms with Crippen LogP contribution in [-0.2, 0) is 26.1 Å². The number of halogens is 1. The van der Waals surface area contributed by atoms with Crippen molar-refractivity contribution in [1.82, 2.24) is 4.90 Å². The Morgan fingerprint density at radius 3 is 1.98 bits per heavy atom. The van der Waals surface area contributed by atoms with Crippen LogP contribution in [0.1, 0.15) is 84.3 Å². The summed E-state index contributed by atoms with van der Waals surface area (Å²) in [5, 5.41) is 0.401. The molecule has 0 radical (unpaired) electrons. The Morgan fingerprint density at radius 2 is 1.49 bits per heavy atom. The molecule has 0 saturated heterocycles. The number of rotatable bonds is 9. The number of ketones is 2. The molecule has 1 heterocycles. The van der Waals surface area contributed by atoms with Crippen LogP contribution in [0.2, 0.25) is 5.02 Å². The van der Waals surface area contributed by atoms with Gasteiger partial charge in [0.25, 0.3) is 0 Å². The molecular formula is C36H42ClNO6S. The summed E-state index contributed by atoms with van der Waals surface area (Å²) in [5.74, 6) is -0.268. The van der Waals surface area contributed by atoms with Crippen LogP contribution in [0, 0.1) is 10.8 Å². The summed E-state index contributed by atoms with van der Waals surface area (Å²) in [6.45, 7) is 17.1. The molecule has 0 spiro atoms. The number of benzene rings is 2. The summed E-state index contributed by atoms with van der Waals surface area (Å²) < 4.78 is 38.6. The van der Waals surface area contributed by atoms with E-state index in [1.807, 2.05) is 6.07 Å². The second-order valence-corrected chi connectivity index (χ2v) is 15.7. The first-order valence-electron chi connectivity index (χ1n) is 15.5. The summed E-state index contributed by atoms with van der Waals surface area (Å²) in [6, 6.07) is 9.33. The van der Waals surface area contributed by atoms with Crippen LogP contribution >= 0.6 is 11.6 Å². The molecule has 2 aliphatic carbocycles. The summed E-state index contributed by atoms with van der Waals surface area (Å²) >= 11 is 5.99. The summed E-state index contributed by atoms with van der Waals surface area (Å²) in [7, 11) is -4.25. The normalized spacial score (nSPS) is 19.8. The number of allylic oxidation sites excluding steroid dienone is 5. The molecule has 0 saturated carbocycles. The van der Waals surface area contributed by atoms with Crippen molar-refractivity contribution in [3.63, 3.8) is 0 Å². The first kappa shape index (κ1) is 33.0. The second-order valence-electron chi connectivity index (χ2n) is 13.7. The molecule has 7 nitrogen and oxygen atoms in total. The van der Waals surface area contributed by atoms with Gasteiger partial charge in [-0.25, -0.2) is 0 Å². The van der Waals surface area contributed by atoms with Gasteiger partial charge in [-0.15, -0.1) is 6.58 Å². The van der Waals surface area contributed by atoms with Crippen molar-refractivity contribution in [3.8, 4) is 11.5 Å². The Morgan fingerprint density at radius 1 is 0.933 bits per heavy atom. The molecule has 45 heavy (non-hydrogen) atoms. The third-order valence-electron chi connectivity index (χ3n) is 8.78. The van der Waals surface area contributed by atoms with Gasteiger partial charge in [0.2, 0.25) is 0 Å². The van der Waals surface area contributed by atoms with Gasteiger partial charge >= 0.3 is 10.1 Å². The highest BCUT2D eigenvalue weighted by molar-refractivity contribution is 7.87. The van der Waals surface area contributed by atoms with Gasteiger partial charge in [0.1, 0.15) is 4.90 Å². The lowest BCUT2D eigenvalue weighted by atomic mass is 9.63. The number of ether oxygens (including phenoxy) is 1. The van der Waals surface area contributed by atoms with Crippen LogP contribution in [0.15, 0.2) is 76.5 Å². The molecule has 0 atom stereocenters. The van der Waals surface area contributed by atoms with Crippen molar-refractivity contribution in [2.24, 2.45) is 10.8 Å². The number of carbonyl (C=O) groups is 2. The van der Waals surface area contributed by atoms with Gasteiger partial charge < -0.3 is 13.8 Å². The summed E-state index contributed by atoms with van der Waals surface area (Å²) in [5.41, 5.74) is 4.02. The van der Waals surface area contributed by atoms with Gasteiger partial charge in [-0.2, -0.15) is 8.42 Å². The van der Waals surface area contributed by atoms with Crippen molar-refractivity contribution in [2.75, 3.05) is 13.2 Å². The van der Waals surface area contributed by atoms with E-state index >= 15 is 0 Å². The zero-order valence-corrected chi connectivity index (χ0v) is 28.5. The zero-order valence-electron chi connectivity index (χ0n) is 27.0. The molecule has 0 fully saturated rings. The molecule has 2 aromatic rings. The topological polar surface area (TPSA) is 90.0 Å². The fourth-order valence-electron chi connectivity index (χ4n) is 7.04. The van der Waals surface area contributed by atoms with Gasteiger partial charge in [0.05, 0.1) is 6.61 Å². The van der Waals surface area contributed by atoms with E-state index in [4.69, 9.17) is 20.5 Å². The first-order valence-corrected chi connectivity index (χ1v) is 17.3. The molecule has 0 aromatic heterocycles. The third kappa shape index (κ3) is 6.36. The highest BCUT2D eigenvalue weighted by atomic mass is 35.5. The van der Waals surface area contributed by atoms with Crippen molar-refractivity contribution >= 4 is 33.3 Å². The molecule has 1 aliphatic heterocycles. The average Bonchev–Trinajstić information content (AvgIpc) is 2.92. The second kappa shape index (κ2) is 12.1. The van der Waals surface area contributed by atoms with E-state index in [0.29, 0.717) is 59.5 Å². The molecule has 0 N–H and O–H groups in total. The van der Waals surface area contributed by atoms with Gasteiger partial charge in [-0.3, -0.25) is 9.59 Å². The Kier molecular flexibility index (Phi) is 8.88. The zero-order chi connectivity index (χ0) is 32.9. The van der Waals surface area contributed by atoms with Crippen molar-refractivity contribution in [2.45, 2.75) is 84.5 Å². The summed E-state index contributed by atoms with van der Waals surface area (Å²) in [6.07, 6.45) is 4.10. The van der Waals surface area contributed by atoms with Gasteiger partial charge in [0, 0.05) is 58.4 Å². The van der Waals surface area contributed by atoms with E-state index < -0.39 is 16.0 Å². The van der Waals surface area contributed by atoms with Crippen molar-refractivity contribution in [1.29, 1.82) is 0 Å². The van der Waals surface area contributed by atoms with E-state index in [2.05, 4.69) is 46.1 Å². The number of nitrogens with zero attached hydrogens (tertiary/aromatic N) is 1. The smallest absolute Gasteiger partial charge is 0.339 e. The maximum atomic E-state index is 14.1. The predicted molar refractivity (Wildman–Crippen MR) is 176 cm³/mol. The lowest BCUT2D eigenvalue weighted by Gasteiger charge is -2.49. The van der Waals surface area contributed by atoms with E-state index in [1.54, 1.807) is 19.1 Å². The van der Waals surface area contributed by atoms with Crippen LogP contribution in [0.5, 0.6) is 11.5 Å². The van der Waals surface area contributed by atoms with E-state index in [1.165, 1.54) is 24.3 Å². The largest absolute Gasteiger partial charge is 0.490 e. The minimum absolute atomic E-state index is 0.0303. The fourth-order valence-corrected chi connectivity index (χ4v) is 8.14. The van der Waals surface area contributed by atoms with Gasteiger partial charge in [-0.1, -0.05) is 51.4 Å². The maximum Gasteiger partial charge on any atom is 0.339 e. The van der Waals surface area contributed by atoms with E-state index in [-0.39, 0.29) is 51.8 Å². The Hall–Kier alpha value is -3.36. The Balaban J connectivity index is 1.75. The van der Waals surface area contributed by atoms with Crippen LogP contribution in [-0.4, -0.2) is 38.0 Å². The molecule has 0 unspecified atom stereocenters. The lowest BCUT2D eigenvalue weighted by molar-refractivity contribution is -0.119. The van der Waals surface area contributed by atoms with Crippen molar-refractivity contribution < 1.29 is 26.9 Å². The molecule has 0 amide bonds. The number of hydrogen-bond donors (Lipinski definition) is 0. The monoisotopic (exact) mass is 651 g/mol. The highest BCUT2D eigenvalue weighted by Gasteiger charge is 2.49. The van der Waals surface area contributed by atoms with Crippen LogP contribution < -0.4 is 8.92 Å². The SMILES string of the molecule is C=CCc1cc(C2C3=C(CC(C)(C)CC3=O)N(CC)C3=C2C(=O)CC(C)(C)C3)cc(OCC)c1OS(=O)(=O)c1ccc(Cl)cc1. The molecule has 5 rings (SSSR count). The molecule has 0 bridgehead atoms. The van der Waals surface area contributed by atoms with Gasteiger partial charge in [0.15, 0.2) is 23.1 Å². The summed E-state index contributed by atoms with van der Waals surface area (Å²) in [4.78, 5) is 30.3. The molecule has 240 valence electrons. The molecular weight excluding hydrogens is 610 g/mol. The molecule has 9 heteroatoms. The fraction of sp³-hybridized carbons (Fsp3) is 0.444. The average molecular weight is 652 g/mol. The van der Waals surface area contributed by atoms with Crippen LogP contribution in [0.25, 0.3) is 0 Å². The lowest BCUT2D eigenvalue weighted by Crippen LogP contribution is -2.44. The number of hydrogen-bond acceptors (Lipinski definition) is 7. The predicted octanol–water partition coefficient (Wildman–Crippen LogP) is 7.94. The quantitative estimate of drug-likeness (QED) is 0.201. The van der Waals surface area contributed by atoms with Gasteiger partial charge in [-0.05, 0) is 79.8 Å². The molecule has 3 aliphatic rings. The minimum atomic E-state index is -4.25. The minimum Gasteiger partial charge on any atom is -0.490 e.